The normalized spacial score (nSPS) is 20.9. The fourth-order valence-electron chi connectivity index (χ4n) is 4.15. The number of carbonyl (C=O) groups excluding carboxylic acids is 1. The molecule has 0 aromatic carbocycles. The Kier molecular flexibility index (Phi) is 6.09. The van der Waals surface area contributed by atoms with Crippen molar-refractivity contribution >= 4 is 27.6 Å². The number of carbonyl (C=O) groups is 1. The molecule has 9 nitrogen and oxygen atoms in total. The molecular formula is C22H29N5O4S. The number of pyridine rings is 2. The van der Waals surface area contributed by atoms with Crippen LogP contribution in [0.2, 0.25) is 0 Å². The van der Waals surface area contributed by atoms with Crippen molar-refractivity contribution in [2.45, 2.75) is 37.8 Å². The van der Waals surface area contributed by atoms with Gasteiger partial charge in [0.05, 0.1) is 18.8 Å². The fraction of sp³-hybridized carbons (Fsp3) is 0.500. The summed E-state index contributed by atoms with van der Waals surface area (Å²) in [5, 5.41) is -0.199. The summed E-state index contributed by atoms with van der Waals surface area (Å²) in [4.78, 5) is 25.8. The molecule has 2 aromatic heterocycles. The zero-order valence-corrected chi connectivity index (χ0v) is 19.4. The molecule has 1 amide bonds. The van der Waals surface area contributed by atoms with Gasteiger partial charge in [-0.2, -0.15) is 8.42 Å². The predicted octanol–water partition coefficient (Wildman–Crippen LogP) is 2.06. The van der Waals surface area contributed by atoms with Gasteiger partial charge in [-0.3, -0.25) is 4.79 Å². The van der Waals surface area contributed by atoms with E-state index in [9.17, 15) is 13.2 Å². The standard InChI is InChI=1S/C22H29N5O4S/c1-16-9-11-27(22(16,2)3)20-17(6-5-10-23-20)21(28)25-32(29,30)19-8-4-7-18(24-19)26-12-14-31-15-13-26/h4-8,10,16H,9,11-15H2,1-3H3,(H,25,28). The molecule has 32 heavy (non-hydrogen) atoms. The second-order valence-corrected chi connectivity index (χ2v) is 10.4. The van der Waals surface area contributed by atoms with Crippen LogP contribution in [0.15, 0.2) is 41.6 Å². The topological polar surface area (TPSA) is 105 Å². The number of anilines is 2. The Morgan fingerprint density at radius 2 is 1.91 bits per heavy atom. The van der Waals surface area contributed by atoms with E-state index >= 15 is 0 Å². The molecule has 0 saturated carbocycles. The summed E-state index contributed by atoms with van der Waals surface area (Å²) in [5.41, 5.74) is 0.0265. The van der Waals surface area contributed by atoms with Crippen molar-refractivity contribution in [1.29, 1.82) is 0 Å². The minimum Gasteiger partial charge on any atom is -0.378 e. The number of nitrogens with one attached hydrogen (secondary N) is 1. The zero-order chi connectivity index (χ0) is 22.9. The highest BCUT2D eigenvalue weighted by Gasteiger charge is 2.40. The van der Waals surface area contributed by atoms with E-state index in [0.29, 0.717) is 43.9 Å². The predicted molar refractivity (Wildman–Crippen MR) is 121 cm³/mol. The maximum Gasteiger partial charge on any atom is 0.281 e. The van der Waals surface area contributed by atoms with Gasteiger partial charge in [0.1, 0.15) is 11.6 Å². The molecule has 10 heteroatoms. The van der Waals surface area contributed by atoms with Gasteiger partial charge in [0.25, 0.3) is 15.9 Å². The van der Waals surface area contributed by atoms with E-state index in [-0.39, 0.29) is 16.1 Å². The summed E-state index contributed by atoms with van der Waals surface area (Å²) in [5.74, 6) is 0.723. The Morgan fingerprint density at radius 1 is 1.16 bits per heavy atom. The van der Waals surface area contributed by atoms with Crippen molar-refractivity contribution in [1.82, 2.24) is 14.7 Å². The van der Waals surface area contributed by atoms with Gasteiger partial charge < -0.3 is 14.5 Å². The van der Waals surface area contributed by atoms with Crippen LogP contribution in [0.3, 0.4) is 0 Å². The van der Waals surface area contributed by atoms with Gasteiger partial charge in [-0.25, -0.2) is 14.7 Å². The third-order valence-electron chi connectivity index (χ3n) is 6.52. The number of sulfonamides is 1. The van der Waals surface area contributed by atoms with Crippen molar-refractivity contribution in [3.63, 3.8) is 0 Å². The molecular weight excluding hydrogens is 430 g/mol. The molecule has 0 radical (unpaired) electrons. The van der Waals surface area contributed by atoms with Crippen LogP contribution in [-0.4, -0.2) is 62.7 Å². The van der Waals surface area contributed by atoms with Crippen LogP contribution in [0.25, 0.3) is 0 Å². The summed E-state index contributed by atoms with van der Waals surface area (Å²) in [6.07, 6.45) is 2.59. The van der Waals surface area contributed by atoms with Crippen LogP contribution in [0.5, 0.6) is 0 Å². The molecule has 2 fully saturated rings. The number of aromatic nitrogens is 2. The van der Waals surface area contributed by atoms with Crippen molar-refractivity contribution < 1.29 is 17.9 Å². The SMILES string of the molecule is CC1CCN(c2ncccc2C(=O)NS(=O)(=O)c2cccc(N3CCOCC3)n2)C1(C)C. The summed E-state index contributed by atoms with van der Waals surface area (Å²) in [6.45, 7) is 9.52. The minimum absolute atomic E-state index is 0.198. The van der Waals surface area contributed by atoms with Crippen molar-refractivity contribution in [2.24, 2.45) is 5.92 Å². The van der Waals surface area contributed by atoms with E-state index in [1.54, 1.807) is 30.5 Å². The van der Waals surface area contributed by atoms with Gasteiger partial charge in [-0.05, 0) is 50.5 Å². The van der Waals surface area contributed by atoms with Crippen LogP contribution in [0.4, 0.5) is 11.6 Å². The van der Waals surface area contributed by atoms with Gasteiger partial charge in [-0.15, -0.1) is 0 Å². The van der Waals surface area contributed by atoms with Gasteiger partial charge in [0.15, 0.2) is 5.03 Å². The van der Waals surface area contributed by atoms with Gasteiger partial charge in [0, 0.05) is 31.4 Å². The molecule has 2 aliphatic rings. The number of amides is 1. The largest absolute Gasteiger partial charge is 0.378 e. The van der Waals surface area contributed by atoms with E-state index in [0.717, 1.165) is 13.0 Å². The quantitative estimate of drug-likeness (QED) is 0.725. The third kappa shape index (κ3) is 4.29. The van der Waals surface area contributed by atoms with Gasteiger partial charge in [-0.1, -0.05) is 13.0 Å². The Balaban J connectivity index is 1.58. The Morgan fingerprint density at radius 3 is 2.59 bits per heavy atom. The molecule has 4 rings (SSSR count). The average molecular weight is 460 g/mol. The minimum atomic E-state index is -4.16. The van der Waals surface area contributed by atoms with E-state index in [4.69, 9.17) is 4.74 Å². The average Bonchev–Trinajstić information content (AvgIpc) is 3.06. The van der Waals surface area contributed by atoms with E-state index in [1.807, 2.05) is 4.90 Å². The molecule has 0 bridgehead atoms. The molecule has 1 unspecified atom stereocenters. The van der Waals surface area contributed by atoms with E-state index in [1.165, 1.54) is 6.07 Å². The second kappa shape index (κ2) is 8.67. The first kappa shape index (κ1) is 22.5. The molecule has 1 N–H and O–H groups in total. The molecule has 2 aliphatic heterocycles. The van der Waals surface area contributed by atoms with Crippen LogP contribution >= 0.6 is 0 Å². The Bertz CT molecular complexity index is 1100. The molecule has 2 saturated heterocycles. The summed E-state index contributed by atoms with van der Waals surface area (Å²) < 4.78 is 33.5. The highest BCUT2D eigenvalue weighted by Crippen LogP contribution is 2.38. The molecule has 0 spiro atoms. The molecule has 1 atom stereocenters. The summed E-state index contributed by atoms with van der Waals surface area (Å²) in [6, 6.07) is 8.00. The van der Waals surface area contributed by atoms with Crippen LogP contribution < -0.4 is 14.5 Å². The highest BCUT2D eigenvalue weighted by molar-refractivity contribution is 7.90. The number of nitrogens with zero attached hydrogens (tertiary/aromatic N) is 4. The number of hydrogen-bond acceptors (Lipinski definition) is 8. The monoisotopic (exact) mass is 459 g/mol. The highest BCUT2D eigenvalue weighted by atomic mass is 32.2. The number of ether oxygens (including phenoxy) is 1. The molecule has 4 heterocycles. The lowest BCUT2D eigenvalue weighted by atomic mass is 9.90. The zero-order valence-electron chi connectivity index (χ0n) is 18.6. The third-order valence-corrected chi connectivity index (χ3v) is 7.75. The molecule has 0 aliphatic carbocycles. The smallest absolute Gasteiger partial charge is 0.281 e. The van der Waals surface area contributed by atoms with Crippen molar-refractivity contribution in [3.05, 3.63) is 42.1 Å². The first-order valence-corrected chi connectivity index (χ1v) is 12.3. The number of rotatable bonds is 5. The van der Waals surface area contributed by atoms with Crippen LogP contribution in [0, 0.1) is 5.92 Å². The number of hydrogen-bond donors (Lipinski definition) is 1. The maximum absolute atomic E-state index is 13.1. The maximum atomic E-state index is 13.1. The fourth-order valence-corrected chi connectivity index (χ4v) is 5.08. The Labute approximate surface area is 188 Å². The first-order chi connectivity index (χ1) is 15.2. The number of morpholine rings is 1. The summed E-state index contributed by atoms with van der Waals surface area (Å²) in [7, 11) is -4.16. The van der Waals surface area contributed by atoms with Gasteiger partial charge >= 0.3 is 0 Å². The first-order valence-electron chi connectivity index (χ1n) is 10.8. The van der Waals surface area contributed by atoms with Gasteiger partial charge in [0.2, 0.25) is 0 Å². The van der Waals surface area contributed by atoms with Crippen LogP contribution in [-0.2, 0) is 14.8 Å². The van der Waals surface area contributed by atoms with Crippen LogP contribution in [0.1, 0.15) is 37.6 Å². The lowest BCUT2D eigenvalue weighted by Crippen LogP contribution is -2.43. The lowest BCUT2D eigenvalue weighted by molar-refractivity contribution is 0.0981. The van der Waals surface area contributed by atoms with E-state index < -0.39 is 15.9 Å². The molecule has 2 aromatic rings. The van der Waals surface area contributed by atoms with Crippen molar-refractivity contribution in [2.75, 3.05) is 42.6 Å². The Hall–Kier alpha value is -2.72. The molecule has 172 valence electrons. The summed E-state index contributed by atoms with van der Waals surface area (Å²) >= 11 is 0. The van der Waals surface area contributed by atoms with Crippen molar-refractivity contribution in [3.8, 4) is 0 Å². The lowest BCUT2D eigenvalue weighted by Gasteiger charge is -2.36. The second-order valence-electron chi connectivity index (χ2n) is 8.74. The van der Waals surface area contributed by atoms with E-state index in [2.05, 4.69) is 40.4 Å².